The second-order valence-corrected chi connectivity index (χ2v) is 7.35. The van der Waals surface area contributed by atoms with Crippen LogP contribution in [0.2, 0.25) is 0 Å². The SMILES string of the molecule is CCOC(=O)N1CCN(C(=O)c2cncc(N3CCc4ccccc4C3)c2)CC1. The Morgan fingerprint density at radius 2 is 1.72 bits per heavy atom. The molecule has 4 rings (SSSR count). The molecule has 0 aliphatic carbocycles. The highest BCUT2D eigenvalue weighted by Crippen LogP contribution is 2.25. The van der Waals surface area contributed by atoms with Crippen molar-refractivity contribution in [1.29, 1.82) is 0 Å². The number of carbonyl (C=O) groups is 2. The van der Waals surface area contributed by atoms with Gasteiger partial charge >= 0.3 is 6.09 Å². The van der Waals surface area contributed by atoms with Crippen molar-refractivity contribution >= 4 is 17.7 Å². The quantitative estimate of drug-likeness (QED) is 0.801. The number of rotatable bonds is 3. The first-order valence-electron chi connectivity index (χ1n) is 10.1. The zero-order valence-corrected chi connectivity index (χ0v) is 16.7. The molecule has 0 atom stereocenters. The molecule has 29 heavy (non-hydrogen) atoms. The fraction of sp³-hybridized carbons (Fsp3) is 0.409. The zero-order chi connectivity index (χ0) is 20.2. The van der Waals surface area contributed by atoms with E-state index in [1.807, 2.05) is 12.3 Å². The summed E-state index contributed by atoms with van der Waals surface area (Å²) < 4.78 is 5.04. The van der Waals surface area contributed by atoms with E-state index >= 15 is 0 Å². The van der Waals surface area contributed by atoms with E-state index in [2.05, 4.69) is 34.1 Å². The first-order chi connectivity index (χ1) is 14.2. The van der Waals surface area contributed by atoms with E-state index < -0.39 is 0 Å². The molecule has 2 aliphatic heterocycles. The van der Waals surface area contributed by atoms with Gasteiger partial charge in [0.05, 0.1) is 24.1 Å². The second kappa shape index (κ2) is 8.51. The summed E-state index contributed by atoms with van der Waals surface area (Å²) in [6, 6.07) is 10.4. The second-order valence-electron chi connectivity index (χ2n) is 7.35. The van der Waals surface area contributed by atoms with Crippen molar-refractivity contribution in [2.75, 3.05) is 44.2 Å². The van der Waals surface area contributed by atoms with E-state index in [4.69, 9.17) is 4.74 Å². The molecule has 7 nitrogen and oxygen atoms in total. The molecule has 1 fully saturated rings. The molecule has 3 heterocycles. The Morgan fingerprint density at radius 1 is 1.00 bits per heavy atom. The van der Waals surface area contributed by atoms with Gasteiger partial charge in [-0.05, 0) is 30.5 Å². The molecule has 0 unspecified atom stereocenters. The molecule has 0 radical (unpaired) electrons. The van der Waals surface area contributed by atoms with Gasteiger partial charge in [0.1, 0.15) is 0 Å². The molecule has 0 saturated carbocycles. The van der Waals surface area contributed by atoms with Gasteiger partial charge in [0.15, 0.2) is 0 Å². The van der Waals surface area contributed by atoms with Crippen LogP contribution < -0.4 is 4.90 Å². The van der Waals surface area contributed by atoms with E-state index in [1.54, 1.807) is 22.9 Å². The molecule has 2 amide bonds. The average molecular weight is 394 g/mol. The Morgan fingerprint density at radius 3 is 2.48 bits per heavy atom. The van der Waals surface area contributed by atoms with Crippen LogP contribution in [0.25, 0.3) is 0 Å². The number of carbonyl (C=O) groups excluding carboxylic acids is 2. The third-order valence-corrected chi connectivity index (χ3v) is 5.56. The van der Waals surface area contributed by atoms with E-state index in [-0.39, 0.29) is 12.0 Å². The number of ether oxygens (including phenoxy) is 1. The summed E-state index contributed by atoms with van der Waals surface area (Å²) in [7, 11) is 0. The summed E-state index contributed by atoms with van der Waals surface area (Å²) in [4.78, 5) is 34.8. The largest absolute Gasteiger partial charge is 0.450 e. The third-order valence-electron chi connectivity index (χ3n) is 5.56. The summed E-state index contributed by atoms with van der Waals surface area (Å²) in [5.74, 6) is -0.0414. The molecule has 2 aliphatic rings. The summed E-state index contributed by atoms with van der Waals surface area (Å²) in [6.45, 7) is 5.86. The normalized spacial score (nSPS) is 16.4. The van der Waals surface area contributed by atoms with E-state index in [9.17, 15) is 9.59 Å². The average Bonchev–Trinajstić information content (AvgIpc) is 2.78. The number of piperazine rings is 1. The lowest BCUT2D eigenvalue weighted by atomic mass is 9.99. The highest BCUT2D eigenvalue weighted by molar-refractivity contribution is 5.95. The Kier molecular flexibility index (Phi) is 5.64. The predicted molar refractivity (Wildman–Crippen MR) is 110 cm³/mol. The highest BCUT2D eigenvalue weighted by Gasteiger charge is 2.26. The van der Waals surface area contributed by atoms with E-state index in [0.29, 0.717) is 38.3 Å². The van der Waals surface area contributed by atoms with Crippen LogP contribution in [-0.4, -0.2) is 66.1 Å². The Balaban J connectivity index is 1.42. The highest BCUT2D eigenvalue weighted by atomic mass is 16.6. The number of fused-ring (bicyclic) bond motifs is 1. The number of amides is 2. The minimum atomic E-state index is -0.311. The summed E-state index contributed by atoms with van der Waals surface area (Å²) >= 11 is 0. The van der Waals surface area contributed by atoms with Crippen molar-refractivity contribution in [3.05, 3.63) is 59.4 Å². The fourth-order valence-electron chi connectivity index (χ4n) is 3.92. The van der Waals surface area contributed by atoms with Gasteiger partial charge < -0.3 is 19.4 Å². The number of pyridine rings is 1. The van der Waals surface area contributed by atoms with Crippen LogP contribution >= 0.6 is 0 Å². The monoisotopic (exact) mass is 394 g/mol. The van der Waals surface area contributed by atoms with Crippen molar-refractivity contribution < 1.29 is 14.3 Å². The Labute approximate surface area is 170 Å². The van der Waals surface area contributed by atoms with Crippen LogP contribution in [0.15, 0.2) is 42.7 Å². The number of benzene rings is 1. The number of hydrogen-bond acceptors (Lipinski definition) is 5. The van der Waals surface area contributed by atoms with Crippen LogP contribution in [-0.2, 0) is 17.7 Å². The van der Waals surface area contributed by atoms with Gasteiger partial charge in [-0.2, -0.15) is 0 Å². The van der Waals surface area contributed by atoms with Crippen molar-refractivity contribution in [2.24, 2.45) is 0 Å². The van der Waals surface area contributed by atoms with Gasteiger partial charge in [0.2, 0.25) is 0 Å². The maximum absolute atomic E-state index is 13.0. The molecule has 152 valence electrons. The van der Waals surface area contributed by atoms with Gasteiger partial charge in [0.25, 0.3) is 5.91 Å². The van der Waals surface area contributed by atoms with Crippen LogP contribution in [0.1, 0.15) is 28.4 Å². The molecule has 7 heteroatoms. The number of aromatic nitrogens is 1. The lowest BCUT2D eigenvalue weighted by molar-refractivity contribution is 0.0570. The summed E-state index contributed by atoms with van der Waals surface area (Å²) in [5.41, 5.74) is 4.27. The first-order valence-corrected chi connectivity index (χ1v) is 10.1. The minimum Gasteiger partial charge on any atom is -0.450 e. The lowest BCUT2D eigenvalue weighted by Gasteiger charge is -2.34. The number of nitrogens with zero attached hydrogens (tertiary/aromatic N) is 4. The zero-order valence-electron chi connectivity index (χ0n) is 16.7. The molecule has 1 saturated heterocycles. The molecule has 1 aromatic heterocycles. The van der Waals surface area contributed by atoms with Crippen LogP contribution in [0.4, 0.5) is 10.5 Å². The van der Waals surface area contributed by atoms with Gasteiger partial charge in [-0.3, -0.25) is 9.78 Å². The van der Waals surface area contributed by atoms with Gasteiger partial charge in [0, 0.05) is 45.5 Å². The maximum atomic E-state index is 13.0. The Bertz CT molecular complexity index is 893. The first kappa shape index (κ1) is 19.2. The molecular weight excluding hydrogens is 368 g/mol. The van der Waals surface area contributed by atoms with Crippen molar-refractivity contribution in [1.82, 2.24) is 14.8 Å². The maximum Gasteiger partial charge on any atom is 0.409 e. The smallest absolute Gasteiger partial charge is 0.409 e. The minimum absolute atomic E-state index is 0.0414. The lowest BCUT2D eigenvalue weighted by Crippen LogP contribution is -2.50. The third kappa shape index (κ3) is 4.18. The van der Waals surface area contributed by atoms with Crippen LogP contribution in [0.5, 0.6) is 0 Å². The molecule has 1 aromatic carbocycles. The van der Waals surface area contributed by atoms with Crippen LogP contribution in [0.3, 0.4) is 0 Å². The Hall–Kier alpha value is -3.09. The summed E-state index contributed by atoms with van der Waals surface area (Å²) in [6.07, 6.45) is 4.13. The van der Waals surface area contributed by atoms with Gasteiger partial charge in [-0.25, -0.2) is 4.79 Å². The molecule has 0 bridgehead atoms. The van der Waals surface area contributed by atoms with E-state index in [0.717, 1.165) is 25.2 Å². The number of hydrogen-bond donors (Lipinski definition) is 0. The standard InChI is InChI=1S/C22H26N4O3/c1-2-29-22(28)25-11-9-24(10-12-25)21(27)19-13-20(15-23-14-19)26-8-7-17-5-3-4-6-18(17)16-26/h3-6,13-15H,2,7-12,16H2,1H3. The topological polar surface area (TPSA) is 66.0 Å². The molecule has 0 N–H and O–H groups in total. The summed E-state index contributed by atoms with van der Waals surface area (Å²) in [5, 5.41) is 0. The van der Waals surface area contributed by atoms with Crippen molar-refractivity contribution in [2.45, 2.75) is 19.9 Å². The number of anilines is 1. The predicted octanol–water partition coefficient (Wildman–Crippen LogP) is 2.56. The molecule has 2 aromatic rings. The van der Waals surface area contributed by atoms with Crippen LogP contribution in [0, 0.1) is 0 Å². The van der Waals surface area contributed by atoms with Gasteiger partial charge in [-0.1, -0.05) is 24.3 Å². The van der Waals surface area contributed by atoms with Gasteiger partial charge in [-0.15, -0.1) is 0 Å². The molecular formula is C22H26N4O3. The van der Waals surface area contributed by atoms with E-state index in [1.165, 1.54) is 11.1 Å². The van der Waals surface area contributed by atoms with Crippen molar-refractivity contribution in [3.63, 3.8) is 0 Å². The molecule has 0 spiro atoms. The fourth-order valence-corrected chi connectivity index (χ4v) is 3.92. The van der Waals surface area contributed by atoms with Crippen molar-refractivity contribution in [3.8, 4) is 0 Å².